The zero-order chi connectivity index (χ0) is 13.8. The SMILES string of the molecule is CC(O)c1ccc(Br)cc1N(C)C1CCCCCC1. The molecule has 3 heteroatoms. The quantitative estimate of drug-likeness (QED) is 0.817. The summed E-state index contributed by atoms with van der Waals surface area (Å²) in [6, 6.07) is 6.77. The first-order chi connectivity index (χ1) is 9.09. The fourth-order valence-corrected chi connectivity index (χ4v) is 3.37. The highest BCUT2D eigenvalue weighted by Gasteiger charge is 2.20. The summed E-state index contributed by atoms with van der Waals surface area (Å²) >= 11 is 3.54. The number of anilines is 1. The predicted molar refractivity (Wildman–Crippen MR) is 84.7 cm³/mol. The van der Waals surface area contributed by atoms with Crippen molar-refractivity contribution in [2.75, 3.05) is 11.9 Å². The van der Waals surface area contributed by atoms with E-state index in [1.54, 1.807) is 0 Å². The van der Waals surface area contributed by atoms with Gasteiger partial charge < -0.3 is 10.0 Å². The van der Waals surface area contributed by atoms with Gasteiger partial charge in [0.1, 0.15) is 0 Å². The van der Waals surface area contributed by atoms with Crippen molar-refractivity contribution in [2.45, 2.75) is 57.6 Å². The van der Waals surface area contributed by atoms with Gasteiger partial charge in [-0.25, -0.2) is 0 Å². The molecule has 2 rings (SSSR count). The van der Waals surface area contributed by atoms with Crippen molar-refractivity contribution < 1.29 is 5.11 Å². The summed E-state index contributed by atoms with van der Waals surface area (Å²) in [7, 11) is 2.17. The van der Waals surface area contributed by atoms with Gasteiger partial charge in [-0.3, -0.25) is 0 Å². The molecule has 0 radical (unpaired) electrons. The number of aliphatic hydroxyl groups is 1. The molecule has 1 N–H and O–H groups in total. The van der Waals surface area contributed by atoms with Crippen molar-refractivity contribution >= 4 is 21.6 Å². The molecule has 0 bridgehead atoms. The molecule has 0 spiro atoms. The van der Waals surface area contributed by atoms with Crippen LogP contribution in [0.5, 0.6) is 0 Å². The van der Waals surface area contributed by atoms with Crippen LogP contribution < -0.4 is 4.90 Å². The Kier molecular flexibility index (Phi) is 5.28. The van der Waals surface area contributed by atoms with Gasteiger partial charge in [0.25, 0.3) is 0 Å². The molecule has 0 aromatic heterocycles. The molecule has 1 atom stereocenters. The maximum absolute atomic E-state index is 9.96. The molecule has 1 aliphatic rings. The molecular formula is C16H24BrNO. The molecule has 0 saturated heterocycles. The molecule has 1 fully saturated rings. The predicted octanol–water partition coefficient (Wildman–Crippen LogP) is 4.66. The van der Waals surface area contributed by atoms with Crippen LogP contribution in [0.3, 0.4) is 0 Å². The monoisotopic (exact) mass is 325 g/mol. The molecule has 0 aliphatic heterocycles. The van der Waals surface area contributed by atoms with Gasteiger partial charge in [0.15, 0.2) is 0 Å². The van der Waals surface area contributed by atoms with E-state index in [1.807, 2.05) is 19.1 Å². The first-order valence-corrected chi connectivity index (χ1v) is 8.09. The van der Waals surface area contributed by atoms with E-state index in [0.29, 0.717) is 6.04 Å². The Balaban J connectivity index is 2.25. The second kappa shape index (κ2) is 6.76. The topological polar surface area (TPSA) is 23.5 Å². The van der Waals surface area contributed by atoms with Crippen LogP contribution in [0.2, 0.25) is 0 Å². The van der Waals surface area contributed by atoms with E-state index in [-0.39, 0.29) is 0 Å². The van der Waals surface area contributed by atoms with Crippen LogP contribution in [-0.2, 0) is 0 Å². The normalized spacial score (nSPS) is 18.9. The number of hydrogen-bond donors (Lipinski definition) is 1. The van der Waals surface area contributed by atoms with Crippen LogP contribution in [0.25, 0.3) is 0 Å². The molecule has 0 heterocycles. The van der Waals surface area contributed by atoms with Crippen molar-refractivity contribution in [2.24, 2.45) is 0 Å². The van der Waals surface area contributed by atoms with Crippen LogP contribution in [0, 0.1) is 0 Å². The van der Waals surface area contributed by atoms with Gasteiger partial charge in [0.2, 0.25) is 0 Å². The minimum atomic E-state index is -0.420. The number of benzene rings is 1. The molecule has 1 saturated carbocycles. The van der Waals surface area contributed by atoms with Crippen LogP contribution in [0.15, 0.2) is 22.7 Å². The third-order valence-electron chi connectivity index (χ3n) is 4.19. The third-order valence-corrected chi connectivity index (χ3v) is 4.69. The van der Waals surface area contributed by atoms with Gasteiger partial charge in [0.05, 0.1) is 6.10 Å². The molecule has 1 aromatic rings. The molecule has 1 aromatic carbocycles. The van der Waals surface area contributed by atoms with Gasteiger partial charge in [-0.1, -0.05) is 47.7 Å². The van der Waals surface area contributed by atoms with Crippen molar-refractivity contribution in [3.63, 3.8) is 0 Å². The smallest absolute Gasteiger partial charge is 0.0782 e. The van der Waals surface area contributed by atoms with Gasteiger partial charge in [-0.15, -0.1) is 0 Å². The summed E-state index contributed by atoms with van der Waals surface area (Å²) in [4.78, 5) is 2.37. The van der Waals surface area contributed by atoms with E-state index < -0.39 is 6.10 Å². The second-order valence-electron chi connectivity index (χ2n) is 5.64. The van der Waals surface area contributed by atoms with Crippen molar-refractivity contribution in [1.29, 1.82) is 0 Å². The Morgan fingerprint density at radius 2 is 1.84 bits per heavy atom. The Bertz CT molecular complexity index is 411. The summed E-state index contributed by atoms with van der Waals surface area (Å²) < 4.78 is 1.08. The Morgan fingerprint density at radius 3 is 2.42 bits per heavy atom. The second-order valence-corrected chi connectivity index (χ2v) is 6.55. The third kappa shape index (κ3) is 3.73. The zero-order valence-corrected chi connectivity index (χ0v) is 13.5. The molecule has 0 amide bonds. The van der Waals surface area contributed by atoms with Gasteiger partial charge in [-0.05, 0) is 31.9 Å². The summed E-state index contributed by atoms with van der Waals surface area (Å²) in [6.07, 6.45) is 7.50. The van der Waals surface area contributed by atoms with E-state index in [4.69, 9.17) is 0 Å². The van der Waals surface area contributed by atoms with E-state index >= 15 is 0 Å². The van der Waals surface area contributed by atoms with Gasteiger partial charge in [-0.2, -0.15) is 0 Å². The molecule has 19 heavy (non-hydrogen) atoms. The molecular weight excluding hydrogens is 302 g/mol. The van der Waals surface area contributed by atoms with Crippen LogP contribution in [0.4, 0.5) is 5.69 Å². The number of rotatable bonds is 3. The standard InChI is InChI=1S/C16H24BrNO/c1-12(19)15-10-9-13(17)11-16(15)18(2)14-7-5-3-4-6-8-14/h9-12,14,19H,3-8H2,1-2H3. The average Bonchev–Trinajstić information content (AvgIpc) is 2.66. The van der Waals surface area contributed by atoms with Crippen molar-refractivity contribution in [1.82, 2.24) is 0 Å². The number of nitrogens with zero attached hydrogens (tertiary/aromatic N) is 1. The Morgan fingerprint density at radius 1 is 1.21 bits per heavy atom. The zero-order valence-electron chi connectivity index (χ0n) is 11.9. The summed E-state index contributed by atoms with van der Waals surface area (Å²) in [5, 5.41) is 9.96. The first-order valence-electron chi connectivity index (χ1n) is 7.30. The lowest BCUT2D eigenvalue weighted by atomic mass is 10.0. The number of aliphatic hydroxyl groups excluding tert-OH is 1. The molecule has 1 aliphatic carbocycles. The number of halogens is 1. The fourth-order valence-electron chi connectivity index (χ4n) is 3.02. The summed E-state index contributed by atoms with van der Waals surface area (Å²) in [5.41, 5.74) is 2.19. The van der Waals surface area contributed by atoms with Gasteiger partial charge >= 0.3 is 0 Å². The van der Waals surface area contributed by atoms with Crippen molar-refractivity contribution in [3.05, 3.63) is 28.2 Å². The van der Waals surface area contributed by atoms with Gasteiger partial charge in [0, 0.05) is 28.8 Å². The van der Waals surface area contributed by atoms with E-state index in [2.05, 4.69) is 33.9 Å². The first kappa shape index (κ1) is 14.9. The minimum Gasteiger partial charge on any atom is -0.389 e. The molecule has 106 valence electrons. The largest absolute Gasteiger partial charge is 0.389 e. The fraction of sp³-hybridized carbons (Fsp3) is 0.625. The summed E-state index contributed by atoms with van der Waals surface area (Å²) in [5.74, 6) is 0. The van der Waals surface area contributed by atoms with E-state index in [9.17, 15) is 5.11 Å². The van der Waals surface area contributed by atoms with E-state index in [1.165, 1.54) is 38.5 Å². The van der Waals surface area contributed by atoms with Crippen molar-refractivity contribution in [3.8, 4) is 0 Å². The maximum Gasteiger partial charge on any atom is 0.0782 e. The molecule has 2 nitrogen and oxygen atoms in total. The lowest BCUT2D eigenvalue weighted by Crippen LogP contribution is -2.32. The highest BCUT2D eigenvalue weighted by Crippen LogP contribution is 2.33. The minimum absolute atomic E-state index is 0.420. The lowest BCUT2D eigenvalue weighted by molar-refractivity contribution is 0.199. The number of hydrogen-bond acceptors (Lipinski definition) is 2. The van der Waals surface area contributed by atoms with Crippen LogP contribution in [-0.4, -0.2) is 18.2 Å². The summed E-state index contributed by atoms with van der Waals surface area (Å²) in [6.45, 7) is 1.84. The highest BCUT2D eigenvalue weighted by atomic mass is 79.9. The molecule has 1 unspecified atom stereocenters. The Labute approximate surface area is 124 Å². The van der Waals surface area contributed by atoms with Crippen LogP contribution >= 0.6 is 15.9 Å². The average molecular weight is 326 g/mol. The van der Waals surface area contributed by atoms with E-state index in [0.717, 1.165) is 15.7 Å². The lowest BCUT2D eigenvalue weighted by Gasteiger charge is -2.32. The highest BCUT2D eigenvalue weighted by molar-refractivity contribution is 9.10. The maximum atomic E-state index is 9.96. The van der Waals surface area contributed by atoms with Crippen LogP contribution in [0.1, 0.15) is 57.1 Å². The Hall–Kier alpha value is -0.540.